The minimum atomic E-state index is -0.234. The van der Waals surface area contributed by atoms with E-state index in [1.807, 2.05) is 6.92 Å². The van der Waals surface area contributed by atoms with E-state index in [1.54, 1.807) is 0 Å². The van der Waals surface area contributed by atoms with Crippen LogP contribution in [0.2, 0.25) is 0 Å². The maximum atomic E-state index is 10.6. The topological polar surface area (TPSA) is 49.3 Å². The molecule has 0 aliphatic heterocycles. The Kier molecular flexibility index (Phi) is 5.35. The average Bonchev–Trinajstić information content (AvgIpc) is 1.99. The molecule has 60 valence electrons. The van der Waals surface area contributed by atoms with Crippen LogP contribution >= 0.6 is 11.6 Å². The third kappa shape index (κ3) is 3.69. The molecule has 0 aliphatic rings. The molecule has 1 amide bonds. The number of carbonyl (C=O) groups excluding carboxylic acids is 1. The third-order valence-electron chi connectivity index (χ3n) is 1.20. The maximum Gasteiger partial charge on any atom is 0.235 e. The van der Waals surface area contributed by atoms with E-state index in [9.17, 15) is 4.79 Å². The summed E-state index contributed by atoms with van der Waals surface area (Å²) in [7, 11) is 0. The lowest BCUT2D eigenvalue weighted by Gasteiger charge is -2.11. The Labute approximate surface area is 65.4 Å². The first-order chi connectivity index (χ1) is 4.74. The number of halogens is 1. The molecule has 0 aromatic rings. The third-order valence-corrected chi connectivity index (χ3v) is 1.44. The molecule has 4 heteroatoms. The smallest absolute Gasteiger partial charge is 0.235 e. The van der Waals surface area contributed by atoms with E-state index in [4.69, 9.17) is 16.7 Å². The van der Waals surface area contributed by atoms with Crippen molar-refractivity contribution in [3.63, 3.8) is 0 Å². The van der Waals surface area contributed by atoms with Crippen molar-refractivity contribution in [2.45, 2.75) is 19.4 Å². The highest BCUT2D eigenvalue weighted by molar-refractivity contribution is 6.27. The molecule has 0 bridgehead atoms. The van der Waals surface area contributed by atoms with Crippen LogP contribution in [0.4, 0.5) is 0 Å². The first-order valence-corrected chi connectivity index (χ1v) is 3.74. The molecular weight excluding hydrogens is 154 g/mol. The van der Waals surface area contributed by atoms with Gasteiger partial charge in [-0.05, 0) is 6.42 Å². The molecule has 10 heavy (non-hydrogen) atoms. The van der Waals surface area contributed by atoms with E-state index >= 15 is 0 Å². The quantitative estimate of drug-likeness (QED) is 0.581. The number of amides is 1. The lowest BCUT2D eigenvalue weighted by atomic mass is 10.2. The summed E-state index contributed by atoms with van der Waals surface area (Å²) in [6, 6.07) is -0.147. The number of aliphatic hydroxyl groups excluding tert-OH is 1. The Morgan fingerprint density at radius 1 is 1.80 bits per heavy atom. The zero-order chi connectivity index (χ0) is 7.98. The number of hydrogen-bond donors (Lipinski definition) is 2. The Morgan fingerprint density at radius 2 is 2.40 bits per heavy atom. The first-order valence-electron chi connectivity index (χ1n) is 3.20. The molecule has 0 aliphatic carbocycles. The second-order valence-electron chi connectivity index (χ2n) is 1.99. The minimum absolute atomic E-state index is 0.0286. The van der Waals surface area contributed by atoms with E-state index < -0.39 is 0 Å². The largest absolute Gasteiger partial charge is 0.394 e. The molecule has 0 heterocycles. The van der Waals surface area contributed by atoms with Gasteiger partial charge < -0.3 is 10.4 Å². The summed E-state index contributed by atoms with van der Waals surface area (Å²) in [4.78, 5) is 10.6. The van der Waals surface area contributed by atoms with Crippen molar-refractivity contribution in [1.29, 1.82) is 0 Å². The molecule has 3 nitrogen and oxygen atoms in total. The number of alkyl halides is 1. The number of hydrogen-bond acceptors (Lipinski definition) is 2. The zero-order valence-corrected chi connectivity index (χ0v) is 6.69. The van der Waals surface area contributed by atoms with Crippen LogP contribution in [0.1, 0.15) is 13.3 Å². The molecule has 0 radical (unpaired) electrons. The fraction of sp³-hybridized carbons (Fsp3) is 0.833. The molecule has 0 rings (SSSR count). The second-order valence-corrected chi connectivity index (χ2v) is 2.26. The van der Waals surface area contributed by atoms with Crippen molar-refractivity contribution in [1.82, 2.24) is 5.32 Å². The number of rotatable bonds is 4. The lowest BCUT2D eigenvalue weighted by Crippen LogP contribution is -2.37. The Morgan fingerprint density at radius 3 is 2.70 bits per heavy atom. The van der Waals surface area contributed by atoms with Crippen LogP contribution in [0.15, 0.2) is 0 Å². The highest BCUT2D eigenvalue weighted by atomic mass is 35.5. The van der Waals surface area contributed by atoms with E-state index in [0.717, 1.165) is 6.42 Å². The summed E-state index contributed by atoms with van der Waals surface area (Å²) in [5.74, 6) is -0.279. The minimum Gasteiger partial charge on any atom is -0.394 e. The van der Waals surface area contributed by atoms with Crippen LogP contribution in [0.25, 0.3) is 0 Å². The predicted molar refractivity (Wildman–Crippen MR) is 40.0 cm³/mol. The van der Waals surface area contributed by atoms with Crippen LogP contribution < -0.4 is 5.32 Å². The van der Waals surface area contributed by atoms with Crippen LogP contribution in [-0.4, -0.2) is 29.5 Å². The van der Waals surface area contributed by atoms with Gasteiger partial charge in [-0.3, -0.25) is 4.79 Å². The monoisotopic (exact) mass is 165 g/mol. The van der Waals surface area contributed by atoms with Crippen molar-refractivity contribution < 1.29 is 9.90 Å². The molecule has 0 fully saturated rings. The maximum absolute atomic E-state index is 10.6. The molecule has 0 saturated carbocycles. The molecule has 0 saturated heterocycles. The summed E-state index contributed by atoms with van der Waals surface area (Å²) < 4.78 is 0. The van der Waals surface area contributed by atoms with Gasteiger partial charge in [0, 0.05) is 0 Å². The van der Waals surface area contributed by atoms with Crippen LogP contribution in [0.3, 0.4) is 0 Å². The standard InChI is InChI=1S/C6H12ClNO2/c1-2-5(4-9)8-6(10)3-7/h5,9H,2-4H2,1H3,(H,8,10)/t5-/m0/s1. The number of carbonyl (C=O) groups is 1. The van der Waals surface area contributed by atoms with Crippen molar-refractivity contribution in [3.05, 3.63) is 0 Å². The van der Waals surface area contributed by atoms with Gasteiger partial charge in [0.15, 0.2) is 0 Å². The highest BCUT2D eigenvalue weighted by Gasteiger charge is 2.06. The van der Waals surface area contributed by atoms with Gasteiger partial charge in [-0.2, -0.15) is 0 Å². The molecule has 0 aromatic carbocycles. The average molecular weight is 166 g/mol. The fourth-order valence-corrected chi connectivity index (χ4v) is 0.620. The van der Waals surface area contributed by atoms with Gasteiger partial charge in [0.25, 0.3) is 0 Å². The molecule has 1 atom stereocenters. The van der Waals surface area contributed by atoms with Gasteiger partial charge >= 0.3 is 0 Å². The van der Waals surface area contributed by atoms with Crippen molar-refractivity contribution in [3.8, 4) is 0 Å². The summed E-state index contributed by atoms with van der Waals surface area (Å²) in [6.45, 7) is 1.86. The number of nitrogens with one attached hydrogen (secondary N) is 1. The van der Waals surface area contributed by atoms with E-state index in [2.05, 4.69) is 5.32 Å². The Balaban J connectivity index is 3.52. The summed E-state index contributed by atoms with van der Waals surface area (Å²) in [6.07, 6.45) is 0.721. The van der Waals surface area contributed by atoms with Crippen molar-refractivity contribution in [2.24, 2.45) is 0 Å². The van der Waals surface area contributed by atoms with E-state index in [-0.39, 0.29) is 24.4 Å². The lowest BCUT2D eigenvalue weighted by molar-refractivity contribution is -0.119. The first kappa shape index (κ1) is 9.72. The normalized spacial score (nSPS) is 12.7. The zero-order valence-electron chi connectivity index (χ0n) is 5.93. The summed E-state index contributed by atoms with van der Waals surface area (Å²) >= 11 is 5.22. The van der Waals surface area contributed by atoms with Gasteiger partial charge in [-0.25, -0.2) is 0 Å². The van der Waals surface area contributed by atoms with Crippen molar-refractivity contribution in [2.75, 3.05) is 12.5 Å². The van der Waals surface area contributed by atoms with Crippen molar-refractivity contribution >= 4 is 17.5 Å². The predicted octanol–water partition coefficient (Wildman–Crippen LogP) is 0.112. The second kappa shape index (κ2) is 5.50. The van der Waals surface area contributed by atoms with Crippen LogP contribution in [0.5, 0.6) is 0 Å². The molecule has 0 aromatic heterocycles. The molecular formula is C6H12ClNO2. The van der Waals surface area contributed by atoms with Crippen LogP contribution in [0, 0.1) is 0 Å². The summed E-state index contributed by atoms with van der Waals surface area (Å²) in [5, 5.41) is 11.2. The van der Waals surface area contributed by atoms with Gasteiger partial charge in [0.1, 0.15) is 5.88 Å². The van der Waals surface area contributed by atoms with E-state index in [1.165, 1.54) is 0 Å². The van der Waals surface area contributed by atoms with Gasteiger partial charge in [-0.1, -0.05) is 6.92 Å². The molecule has 2 N–H and O–H groups in total. The molecule has 0 spiro atoms. The Bertz CT molecular complexity index is 104. The van der Waals surface area contributed by atoms with Gasteiger partial charge in [-0.15, -0.1) is 11.6 Å². The number of aliphatic hydroxyl groups is 1. The summed E-state index contributed by atoms with van der Waals surface area (Å²) in [5.41, 5.74) is 0. The van der Waals surface area contributed by atoms with Gasteiger partial charge in [0.05, 0.1) is 12.6 Å². The highest BCUT2D eigenvalue weighted by Crippen LogP contribution is 1.88. The van der Waals surface area contributed by atoms with Crippen LogP contribution in [-0.2, 0) is 4.79 Å². The fourth-order valence-electron chi connectivity index (χ4n) is 0.543. The molecule has 0 unspecified atom stereocenters. The Hall–Kier alpha value is -0.280. The SMILES string of the molecule is CC[C@@H](CO)NC(=O)CCl. The van der Waals surface area contributed by atoms with Gasteiger partial charge in [0.2, 0.25) is 5.91 Å². The van der Waals surface area contributed by atoms with E-state index in [0.29, 0.717) is 0 Å².